The van der Waals surface area contributed by atoms with E-state index in [4.69, 9.17) is 5.11 Å². The molecule has 0 aromatic heterocycles. The van der Waals surface area contributed by atoms with E-state index >= 15 is 0 Å². The SMILES string of the molecule is CCCC(C)C(=O)Nc1ccc(CC(=O)O)cc1. The monoisotopic (exact) mass is 249 g/mol. The predicted octanol–water partition coefficient (Wildman–Crippen LogP) is 2.69. The summed E-state index contributed by atoms with van der Waals surface area (Å²) < 4.78 is 0. The first-order chi connectivity index (χ1) is 8.52. The second kappa shape index (κ2) is 6.79. The first kappa shape index (κ1) is 14.2. The van der Waals surface area contributed by atoms with Crippen molar-refractivity contribution >= 4 is 17.6 Å². The third-order valence-corrected chi connectivity index (χ3v) is 2.75. The summed E-state index contributed by atoms with van der Waals surface area (Å²) in [6, 6.07) is 6.89. The fourth-order valence-electron chi connectivity index (χ4n) is 1.71. The third-order valence-electron chi connectivity index (χ3n) is 2.75. The number of rotatable bonds is 6. The Hall–Kier alpha value is -1.84. The molecule has 1 amide bonds. The van der Waals surface area contributed by atoms with E-state index in [2.05, 4.69) is 5.32 Å². The number of nitrogens with one attached hydrogen (secondary N) is 1. The smallest absolute Gasteiger partial charge is 0.307 e. The molecular weight excluding hydrogens is 230 g/mol. The van der Waals surface area contributed by atoms with Gasteiger partial charge in [0.15, 0.2) is 0 Å². The number of aliphatic carboxylic acids is 1. The van der Waals surface area contributed by atoms with Gasteiger partial charge in [-0.3, -0.25) is 9.59 Å². The van der Waals surface area contributed by atoms with Gasteiger partial charge in [0.05, 0.1) is 6.42 Å². The second-order valence-electron chi connectivity index (χ2n) is 4.45. The van der Waals surface area contributed by atoms with E-state index in [0.717, 1.165) is 18.4 Å². The van der Waals surface area contributed by atoms with Gasteiger partial charge in [-0.05, 0) is 24.1 Å². The van der Waals surface area contributed by atoms with Gasteiger partial charge in [-0.1, -0.05) is 32.4 Å². The molecule has 2 N–H and O–H groups in total. The van der Waals surface area contributed by atoms with Gasteiger partial charge in [0.2, 0.25) is 5.91 Å². The van der Waals surface area contributed by atoms with Crippen LogP contribution >= 0.6 is 0 Å². The maximum absolute atomic E-state index is 11.8. The van der Waals surface area contributed by atoms with Crippen LogP contribution in [0, 0.1) is 5.92 Å². The lowest BCUT2D eigenvalue weighted by Crippen LogP contribution is -2.20. The molecule has 0 fully saturated rings. The topological polar surface area (TPSA) is 66.4 Å². The van der Waals surface area contributed by atoms with Gasteiger partial charge in [0.25, 0.3) is 0 Å². The van der Waals surface area contributed by atoms with Gasteiger partial charge < -0.3 is 10.4 Å². The van der Waals surface area contributed by atoms with Gasteiger partial charge in [0, 0.05) is 11.6 Å². The zero-order chi connectivity index (χ0) is 13.5. The molecule has 0 saturated carbocycles. The minimum absolute atomic E-state index is 0.000460. The van der Waals surface area contributed by atoms with Crippen LogP contribution in [0.5, 0.6) is 0 Å². The highest BCUT2D eigenvalue weighted by atomic mass is 16.4. The molecular formula is C14H19NO3. The van der Waals surface area contributed by atoms with Crippen LogP contribution in [0.3, 0.4) is 0 Å². The molecule has 98 valence electrons. The van der Waals surface area contributed by atoms with Gasteiger partial charge >= 0.3 is 5.97 Å². The van der Waals surface area contributed by atoms with Crippen molar-refractivity contribution < 1.29 is 14.7 Å². The summed E-state index contributed by atoms with van der Waals surface area (Å²) in [5.41, 5.74) is 1.43. The Balaban J connectivity index is 2.58. The first-order valence-electron chi connectivity index (χ1n) is 6.14. The van der Waals surface area contributed by atoms with Crippen molar-refractivity contribution in [1.29, 1.82) is 0 Å². The molecule has 0 saturated heterocycles. The molecule has 1 aromatic carbocycles. The van der Waals surface area contributed by atoms with Crippen molar-refractivity contribution in [2.75, 3.05) is 5.32 Å². The van der Waals surface area contributed by atoms with Crippen molar-refractivity contribution in [3.05, 3.63) is 29.8 Å². The molecule has 1 unspecified atom stereocenters. The molecule has 4 nitrogen and oxygen atoms in total. The van der Waals surface area contributed by atoms with E-state index in [1.807, 2.05) is 13.8 Å². The summed E-state index contributed by atoms with van der Waals surface area (Å²) in [5, 5.41) is 11.5. The largest absolute Gasteiger partial charge is 0.481 e. The highest BCUT2D eigenvalue weighted by Crippen LogP contribution is 2.13. The molecule has 0 heterocycles. The van der Waals surface area contributed by atoms with E-state index in [0.29, 0.717) is 5.69 Å². The van der Waals surface area contributed by atoms with Gasteiger partial charge in [-0.2, -0.15) is 0 Å². The zero-order valence-corrected chi connectivity index (χ0v) is 10.8. The average molecular weight is 249 g/mol. The number of carboxylic acid groups (broad SMARTS) is 1. The van der Waals surface area contributed by atoms with Crippen LogP contribution in [0.25, 0.3) is 0 Å². The quantitative estimate of drug-likeness (QED) is 0.814. The number of hydrogen-bond acceptors (Lipinski definition) is 2. The molecule has 4 heteroatoms. The lowest BCUT2D eigenvalue weighted by atomic mass is 10.1. The van der Waals surface area contributed by atoms with Crippen LogP contribution in [0.1, 0.15) is 32.3 Å². The Labute approximate surface area is 107 Å². The minimum atomic E-state index is -0.858. The molecule has 18 heavy (non-hydrogen) atoms. The zero-order valence-electron chi connectivity index (χ0n) is 10.8. The van der Waals surface area contributed by atoms with Crippen LogP contribution in [-0.2, 0) is 16.0 Å². The lowest BCUT2D eigenvalue weighted by Gasteiger charge is -2.11. The Kier molecular flexibility index (Phi) is 5.36. The summed E-state index contributed by atoms with van der Waals surface area (Å²) in [6.07, 6.45) is 1.84. The van der Waals surface area contributed by atoms with Gasteiger partial charge in [0.1, 0.15) is 0 Å². The number of carbonyl (C=O) groups excluding carboxylic acids is 1. The lowest BCUT2D eigenvalue weighted by molar-refractivity contribution is -0.136. The molecule has 0 aliphatic carbocycles. The number of carboxylic acids is 1. The van der Waals surface area contributed by atoms with Crippen molar-refractivity contribution in [2.45, 2.75) is 33.1 Å². The number of benzene rings is 1. The fraction of sp³-hybridized carbons (Fsp3) is 0.429. The number of anilines is 1. The Morgan fingerprint density at radius 2 is 1.89 bits per heavy atom. The summed E-state index contributed by atoms with van der Waals surface area (Å²) in [7, 11) is 0. The van der Waals surface area contributed by atoms with Crippen molar-refractivity contribution in [1.82, 2.24) is 0 Å². The van der Waals surface area contributed by atoms with E-state index in [1.54, 1.807) is 24.3 Å². The Morgan fingerprint density at radius 3 is 2.39 bits per heavy atom. The van der Waals surface area contributed by atoms with E-state index < -0.39 is 5.97 Å². The van der Waals surface area contributed by atoms with Gasteiger partial charge in [-0.15, -0.1) is 0 Å². The fourth-order valence-corrected chi connectivity index (χ4v) is 1.71. The van der Waals surface area contributed by atoms with Gasteiger partial charge in [-0.25, -0.2) is 0 Å². The molecule has 0 aliphatic heterocycles. The van der Waals surface area contributed by atoms with Crippen LogP contribution in [-0.4, -0.2) is 17.0 Å². The van der Waals surface area contributed by atoms with Crippen molar-refractivity contribution in [2.24, 2.45) is 5.92 Å². The minimum Gasteiger partial charge on any atom is -0.481 e. The third kappa shape index (κ3) is 4.57. The summed E-state index contributed by atoms with van der Waals surface area (Å²) in [4.78, 5) is 22.3. The number of amides is 1. The summed E-state index contributed by atoms with van der Waals surface area (Å²) >= 11 is 0. The summed E-state index contributed by atoms with van der Waals surface area (Å²) in [5.74, 6) is -0.861. The first-order valence-corrected chi connectivity index (χ1v) is 6.14. The highest BCUT2D eigenvalue weighted by molar-refractivity contribution is 5.92. The molecule has 1 atom stereocenters. The second-order valence-corrected chi connectivity index (χ2v) is 4.45. The molecule has 1 rings (SSSR count). The predicted molar refractivity (Wildman–Crippen MR) is 70.5 cm³/mol. The normalized spacial score (nSPS) is 11.9. The Bertz CT molecular complexity index is 412. The number of hydrogen-bond donors (Lipinski definition) is 2. The van der Waals surface area contributed by atoms with Crippen LogP contribution in [0.15, 0.2) is 24.3 Å². The van der Waals surface area contributed by atoms with Crippen LogP contribution in [0.4, 0.5) is 5.69 Å². The molecule has 1 aromatic rings. The maximum Gasteiger partial charge on any atom is 0.307 e. The maximum atomic E-state index is 11.8. The average Bonchev–Trinajstić information content (AvgIpc) is 2.31. The van der Waals surface area contributed by atoms with Crippen LogP contribution < -0.4 is 5.32 Å². The van der Waals surface area contributed by atoms with Crippen molar-refractivity contribution in [3.63, 3.8) is 0 Å². The Morgan fingerprint density at radius 1 is 1.28 bits per heavy atom. The molecule has 0 bridgehead atoms. The molecule has 0 radical (unpaired) electrons. The molecule has 0 aliphatic rings. The summed E-state index contributed by atoms with van der Waals surface area (Å²) in [6.45, 7) is 3.95. The standard InChI is InChI=1S/C14H19NO3/c1-3-4-10(2)14(18)15-12-7-5-11(6-8-12)9-13(16)17/h5-8,10H,3-4,9H2,1-2H3,(H,15,18)(H,16,17). The van der Waals surface area contributed by atoms with E-state index in [9.17, 15) is 9.59 Å². The van der Waals surface area contributed by atoms with E-state index in [1.165, 1.54) is 0 Å². The number of carbonyl (C=O) groups is 2. The molecule has 0 spiro atoms. The highest BCUT2D eigenvalue weighted by Gasteiger charge is 2.11. The van der Waals surface area contributed by atoms with Crippen molar-refractivity contribution in [3.8, 4) is 0 Å². The van der Waals surface area contributed by atoms with E-state index in [-0.39, 0.29) is 18.2 Å². The van der Waals surface area contributed by atoms with Crippen LogP contribution in [0.2, 0.25) is 0 Å².